The first kappa shape index (κ1) is 14.1. The van der Waals surface area contributed by atoms with Crippen LogP contribution in [-0.2, 0) is 5.88 Å². The Morgan fingerprint density at radius 2 is 2.05 bits per heavy atom. The van der Waals surface area contributed by atoms with Crippen LogP contribution in [0, 0.1) is 0 Å². The molecule has 0 atom stereocenters. The predicted octanol–water partition coefficient (Wildman–Crippen LogP) is 2.89. The Balaban J connectivity index is 1.88. The van der Waals surface area contributed by atoms with Crippen molar-refractivity contribution in [2.24, 2.45) is 0 Å². The summed E-state index contributed by atoms with van der Waals surface area (Å²) in [6.07, 6.45) is 0. The average Bonchev–Trinajstić information content (AvgIpc) is 2.48. The lowest BCUT2D eigenvalue weighted by Crippen LogP contribution is -2.23. The molecule has 2 N–H and O–H groups in total. The molecule has 2 aromatic carbocycles. The van der Waals surface area contributed by atoms with E-state index in [-0.39, 0.29) is 5.56 Å². The molecular formula is C14H11BrN4OS. The maximum absolute atomic E-state index is 12.3. The minimum absolute atomic E-state index is 0.139. The van der Waals surface area contributed by atoms with Gasteiger partial charge in [0, 0.05) is 15.1 Å². The molecule has 0 saturated carbocycles. The molecule has 0 amide bonds. The smallest absolute Gasteiger partial charge is 0.278 e. The number of fused-ring (bicyclic) bond motifs is 1. The van der Waals surface area contributed by atoms with Crippen molar-refractivity contribution >= 4 is 44.3 Å². The summed E-state index contributed by atoms with van der Waals surface area (Å²) in [6, 6.07) is 12.7. The highest BCUT2D eigenvalue weighted by Gasteiger charge is 2.07. The van der Waals surface area contributed by atoms with Gasteiger partial charge < -0.3 is 5.73 Å². The van der Waals surface area contributed by atoms with Gasteiger partial charge in [0.05, 0.1) is 11.3 Å². The molecule has 7 heteroatoms. The molecule has 3 aromatic rings. The van der Waals surface area contributed by atoms with Crippen molar-refractivity contribution in [2.45, 2.75) is 10.8 Å². The average molecular weight is 363 g/mol. The molecule has 1 heterocycles. The van der Waals surface area contributed by atoms with E-state index in [1.165, 1.54) is 16.4 Å². The third-order valence-corrected chi connectivity index (χ3v) is 4.89. The topological polar surface area (TPSA) is 73.8 Å². The number of nitrogen functional groups attached to an aromatic ring is 1. The standard InChI is InChI=1S/C14H11BrN4OS/c15-11-7-9(16)5-6-13(11)21-8-19-14(20)10-3-1-2-4-12(10)17-18-19/h1-7H,8,16H2. The molecule has 5 nitrogen and oxygen atoms in total. The second-order valence-corrected chi connectivity index (χ2v) is 6.22. The molecule has 0 bridgehead atoms. The van der Waals surface area contributed by atoms with Gasteiger partial charge in [0.25, 0.3) is 5.56 Å². The molecule has 0 saturated heterocycles. The van der Waals surface area contributed by atoms with Crippen molar-refractivity contribution in [1.29, 1.82) is 0 Å². The molecule has 0 fully saturated rings. The Labute approximate surface area is 133 Å². The van der Waals surface area contributed by atoms with E-state index in [2.05, 4.69) is 26.2 Å². The Hall–Kier alpha value is -1.86. The highest BCUT2D eigenvalue weighted by Crippen LogP contribution is 2.29. The van der Waals surface area contributed by atoms with Crippen molar-refractivity contribution < 1.29 is 0 Å². The van der Waals surface area contributed by atoms with Gasteiger partial charge in [-0.2, -0.15) is 0 Å². The van der Waals surface area contributed by atoms with Crippen molar-refractivity contribution in [3.8, 4) is 0 Å². The largest absolute Gasteiger partial charge is 0.399 e. The highest BCUT2D eigenvalue weighted by molar-refractivity contribution is 9.10. The van der Waals surface area contributed by atoms with Crippen LogP contribution >= 0.6 is 27.7 Å². The van der Waals surface area contributed by atoms with Gasteiger partial charge >= 0.3 is 0 Å². The molecule has 3 rings (SSSR count). The van der Waals surface area contributed by atoms with E-state index in [1.807, 2.05) is 30.3 Å². The summed E-state index contributed by atoms with van der Waals surface area (Å²) < 4.78 is 2.25. The van der Waals surface area contributed by atoms with Gasteiger partial charge in [-0.1, -0.05) is 17.3 Å². The molecule has 0 aliphatic heterocycles. The first-order valence-electron chi connectivity index (χ1n) is 6.15. The monoisotopic (exact) mass is 362 g/mol. The Bertz CT molecular complexity index is 865. The summed E-state index contributed by atoms with van der Waals surface area (Å²) in [7, 11) is 0. The third-order valence-electron chi connectivity index (χ3n) is 2.93. The quantitative estimate of drug-likeness (QED) is 0.572. The summed E-state index contributed by atoms with van der Waals surface area (Å²) in [5, 5.41) is 8.59. The van der Waals surface area contributed by atoms with Crippen LogP contribution in [0.4, 0.5) is 5.69 Å². The molecule has 0 radical (unpaired) electrons. The zero-order valence-corrected chi connectivity index (χ0v) is 13.3. The number of thioether (sulfide) groups is 1. The fraction of sp³-hybridized carbons (Fsp3) is 0.0714. The minimum atomic E-state index is -0.139. The van der Waals surface area contributed by atoms with E-state index < -0.39 is 0 Å². The normalized spacial score (nSPS) is 10.9. The molecule has 0 aliphatic rings. The van der Waals surface area contributed by atoms with Crippen molar-refractivity contribution in [3.05, 3.63) is 57.3 Å². The lowest BCUT2D eigenvalue weighted by atomic mass is 10.2. The lowest BCUT2D eigenvalue weighted by Gasteiger charge is -2.07. The van der Waals surface area contributed by atoms with Gasteiger partial charge in [0.1, 0.15) is 5.52 Å². The van der Waals surface area contributed by atoms with Crippen molar-refractivity contribution in [1.82, 2.24) is 15.0 Å². The van der Waals surface area contributed by atoms with Crippen molar-refractivity contribution in [2.75, 3.05) is 5.73 Å². The van der Waals surface area contributed by atoms with E-state index in [0.29, 0.717) is 22.5 Å². The lowest BCUT2D eigenvalue weighted by molar-refractivity contribution is 0.645. The van der Waals surface area contributed by atoms with E-state index in [9.17, 15) is 4.79 Å². The SMILES string of the molecule is Nc1ccc(SCn2nnc3ccccc3c2=O)c(Br)c1. The van der Waals surface area contributed by atoms with Crippen molar-refractivity contribution in [3.63, 3.8) is 0 Å². The summed E-state index contributed by atoms with van der Waals surface area (Å²) in [5.41, 5.74) is 6.86. The molecule has 1 aromatic heterocycles. The number of halogens is 1. The highest BCUT2D eigenvalue weighted by atomic mass is 79.9. The van der Waals surface area contributed by atoms with Crippen LogP contribution in [0.2, 0.25) is 0 Å². The number of anilines is 1. The number of hydrogen-bond acceptors (Lipinski definition) is 5. The van der Waals surface area contributed by atoms with Gasteiger partial charge in [0.15, 0.2) is 0 Å². The third kappa shape index (κ3) is 2.93. The van der Waals surface area contributed by atoms with Crippen LogP contribution in [0.25, 0.3) is 10.9 Å². The minimum Gasteiger partial charge on any atom is -0.399 e. The summed E-state index contributed by atoms with van der Waals surface area (Å²) >= 11 is 4.94. The number of hydrogen-bond donors (Lipinski definition) is 1. The Morgan fingerprint density at radius 1 is 1.24 bits per heavy atom. The number of nitrogens with zero attached hydrogens (tertiary/aromatic N) is 3. The van der Waals surface area contributed by atoms with Crippen LogP contribution in [0.15, 0.2) is 56.6 Å². The van der Waals surface area contributed by atoms with Gasteiger partial charge in [-0.25, -0.2) is 4.68 Å². The predicted molar refractivity (Wildman–Crippen MR) is 88.2 cm³/mol. The van der Waals surface area contributed by atoms with E-state index in [1.54, 1.807) is 12.1 Å². The summed E-state index contributed by atoms with van der Waals surface area (Å²) in [5.74, 6) is 0.388. The zero-order valence-electron chi connectivity index (χ0n) is 10.9. The number of aromatic nitrogens is 3. The maximum atomic E-state index is 12.3. The molecule has 0 aliphatic carbocycles. The number of rotatable bonds is 3. The molecular weight excluding hydrogens is 352 g/mol. The van der Waals surface area contributed by atoms with Crippen LogP contribution in [-0.4, -0.2) is 15.0 Å². The first-order valence-corrected chi connectivity index (χ1v) is 7.93. The van der Waals surface area contributed by atoms with E-state index in [0.717, 1.165) is 9.37 Å². The van der Waals surface area contributed by atoms with Gasteiger partial charge in [-0.15, -0.1) is 16.9 Å². The maximum Gasteiger partial charge on any atom is 0.278 e. The molecule has 0 unspecified atom stereocenters. The van der Waals surface area contributed by atoms with Crippen LogP contribution < -0.4 is 11.3 Å². The zero-order chi connectivity index (χ0) is 14.8. The Morgan fingerprint density at radius 3 is 2.86 bits per heavy atom. The fourth-order valence-corrected chi connectivity index (χ4v) is 3.40. The summed E-state index contributed by atoms with van der Waals surface area (Å²) in [4.78, 5) is 13.3. The van der Waals surface area contributed by atoms with Crippen LogP contribution in [0.5, 0.6) is 0 Å². The van der Waals surface area contributed by atoms with E-state index >= 15 is 0 Å². The molecule has 21 heavy (non-hydrogen) atoms. The first-order chi connectivity index (χ1) is 10.1. The van der Waals surface area contributed by atoms with Crippen LogP contribution in [0.3, 0.4) is 0 Å². The molecule has 106 valence electrons. The molecule has 0 spiro atoms. The van der Waals surface area contributed by atoms with Gasteiger partial charge in [-0.3, -0.25) is 4.79 Å². The van der Waals surface area contributed by atoms with Gasteiger partial charge in [-0.05, 0) is 46.3 Å². The van der Waals surface area contributed by atoms with E-state index in [4.69, 9.17) is 5.73 Å². The Kier molecular flexibility index (Phi) is 3.94. The van der Waals surface area contributed by atoms with Crippen LogP contribution in [0.1, 0.15) is 0 Å². The van der Waals surface area contributed by atoms with Gasteiger partial charge in [0.2, 0.25) is 0 Å². The second-order valence-electron chi connectivity index (χ2n) is 4.37. The number of nitrogens with two attached hydrogens (primary N) is 1. The fourth-order valence-electron chi connectivity index (χ4n) is 1.87. The second kappa shape index (κ2) is 5.87. The summed E-state index contributed by atoms with van der Waals surface area (Å²) in [6.45, 7) is 0. The number of benzene rings is 2.